The topological polar surface area (TPSA) is 46.6 Å². The number of halogens is 3. The Hall–Kier alpha value is -2.83. The van der Waals surface area contributed by atoms with Crippen LogP contribution in [0.25, 0.3) is 0 Å². The molecule has 7 heteroatoms. The Balaban J connectivity index is 1.55. The number of hydrogen-bond acceptors (Lipinski definition) is 3. The summed E-state index contributed by atoms with van der Waals surface area (Å²) in [5.41, 5.74) is 1.37. The lowest BCUT2D eigenvalue weighted by Crippen LogP contribution is -2.38. The van der Waals surface area contributed by atoms with Crippen molar-refractivity contribution in [3.8, 4) is 0 Å². The first-order valence-corrected chi connectivity index (χ1v) is 8.03. The fourth-order valence-electron chi connectivity index (χ4n) is 2.81. The summed E-state index contributed by atoms with van der Waals surface area (Å²) in [6.45, 7) is 0.544. The third-order valence-corrected chi connectivity index (χ3v) is 4.26. The van der Waals surface area contributed by atoms with E-state index in [1.54, 1.807) is 4.90 Å². The summed E-state index contributed by atoms with van der Waals surface area (Å²) in [7, 11) is 0. The van der Waals surface area contributed by atoms with Crippen LogP contribution in [0.15, 0.2) is 48.5 Å². The van der Waals surface area contributed by atoms with Crippen molar-refractivity contribution >= 4 is 11.9 Å². The van der Waals surface area contributed by atoms with Crippen LogP contribution in [0.3, 0.4) is 0 Å². The van der Waals surface area contributed by atoms with Gasteiger partial charge in [-0.3, -0.25) is 4.79 Å². The highest BCUT2D eigenvalue weighted by molar-refractivity contribution is 5.91. The molecule has 0 radical (unpaired) electrons. The van der Waals surface area contributed by atoms with Crippen molar-refractivity contribution in [1.29, 1.82) is 0 Å². The zero-order chi connectivity index (χ0) is 18.7. The third kappa shape index (κ3) is 4.04. The van der Waals surface area contributed by atoms with E-state index in [4.69, 9.17) is 4.74 Å². The number of alkyl halides is 3. The fraction of sp³-hybridized carbons (Fsp3) is 0.263. The molecule has 0 fully saturated rings. The molecule has 0 unspecified atom stereocenters. The Labute approximate surface area is 148 Å². The van der Waals surface area contributed by atoms with E-state index in [2.05, 4.69) is 0 Å². The quantitative estimate of drug-likeness (QED) is 0.785. The normalized spacial score (nSPS) is 13.9. The van der Waals surface area contributed by atoms with Crippen molar-refractivity contribution in [3.63, 3.8) is 0 Å². The average molecular weight is 363 g/mol. The summed E-state index contributed by atoms with van der Waals surface area (Å²) in [5.74, 6) is -1.16. The van der Waals surface area contributed by atoms with Gasteiger partial charge in [0, 0.05) is 13.1 Å². The smallest absolute Gasteiger partial charge is 0.416 e. The summed E-state index contributed by atoms with van der Waals surface area (Å²) >= 11 is 0. The lowest BCUT2D eigenvalue weighted by Gasteiger charge is -2.28. The molecule has 1 aliphatic heterocycles. The summed E-state index contributed by atoms with van der Waals surface area (Å²) < 4.78 is 42.5. The van der Waals surface area contributed by atoms with E-state index in [-0.39, 0.29) is 11.5 Å². The molecule has 1 aliphatic rings. The van der Waals surface area contributed by atoms with Crippen molar-refractivity contribution in [1.82, 2.24) is 4.90 Å². The van der Waals surface area contributed by atoms with E-state index < -0.39 is 24.3 Å². The van der Waals surface area contributed by atoms with Gasteiger partial charge >= 0.3 is 12.1 Å². The molecule has 0 bridgehead atoms. The summed E-state index contributed by atoms with van der Waals surface area (Å²) in [6, 6.07) is 11.5. The van der Waals surface area contributed by atoms with Gasteiger partial charge in [-0.25, -0.2) is 4.79 Å². The van der Waals surface area contributed by atoms with Gasteiger partial charge in [-0.15, -0.1) is 0 Å². The number of carbonyl (C=O) groups excluding carboxylic acids is 2. The van der Waals surface area contributed by atoms with Crippen molar-refractivity contribution in [2.24, 2.45) is 0 Å². The van der Waals surface area contributed by atoms with E-state index in [0.717, 1.165) is 36.2 Å². The van der Waals surface area contributed by atoms with Gasteiger partial charge in [0.25, 0.3) is 5.91 Å². The molecule has 4 nitrogen and oxygen atoms in total. The highest BCUT2D eigenvalue weighted by Crippen LogP contribution is 2.29. The van der Waals surface area contributed by atoms with Gasteiger partial charge in [0.2, 0.25) is 0 Å². The van der Waals surface area contributed by atoms with Crippen LogP contribution in [0, 0.1) is 0 Å². The van der Waals surface area contributed by atoms with E-state index >= 15 is 0 Å². The highest BCUT2D eigenvalue weighted by Gasteiger charge is 2.30. The van der Waals surface area contributed by atoms with E-state index in [1.165, 1.54) is 5.56 Å². The number of fused-ring (bicyclic) bond motifs is 1. The van der Waals surface area contributed by atoms with Crippen LogP contribution in [0.2, 0.25) is 0 Å². The summed E-state index contributed by atoms with van der Waals surface area (Å²) in [4.78, 5) is 25.7. The predicted octanol–water partition coefficient (Wildman–Crippen LogP) is 3.45. The van der Waals surface area contributed by atoms with Crippen LogP contribution in [0.5, 0.6) is 0 Å². The number of esters is 1. The molecule has 1 amide bonds. The van der Waals surface area contributed by atoms with Crippen molar-refractivity contribution in [2.75, 3.05) is 13.2 Å². The molecular formula is C19H16F3NO3. The third-order valence-electron chi connectivity index (χ3n) is 4.26. The monoisotopic (exact) mass is 363 g/mol. The van der Waals surface area contributed by atoms with Gasteiger partial charge in [0.15, 0.2) is 6.61 Å². The van der Waals surface area contributed by atoms with Crippen LogP contribution in [0.4, 0.5) is 13.2 Å². The van der Waals surface area contributed by atoms with Gasteiger partial charge in [-0.1, -0.05) is 24.3 Å². The highest BCUT2D eigenvalue weighted by atomic mass is 19.4. The Kier molecular flexibility index (Phi) is 4.97. The van der Waals surface area contributed by atoms with Gasteiger partial charge in [-0.2, -0.15) is 13.2 Å². The fourth-order valence-corrected chi connectivity index (χ4v) is 2.81. The van der Waals surface area contributed by atoms with Crippen molar-refractivity contribution in [2.45, 2.75) is 19.1 Å². The zero-order valence-electron chi connectivity index (χ0n) is 13.8. The molecule has 0 atom stereocenters. The van der Waals surface area contributed by atoms with Crippen LogP contribution in [-0.4, -0.2) is 29.9 Å². The van der Waals surface area contributed by atoms with E-state index in [0.29, 0.717) is 13.1 Å². The first-order valence-electron chi connectivity index (χ1n) is 8.03. The molecule has 0 aromatic heterocycles. The number of nitrogens with zero attached hydrogens (tertiary/aromatic N) is 1. The molecular weight excluding hydrogens is 347 g/mol. The molecule has 3 rings (SSSR count). The van der Waals surface area contributed by atoms with Crippen molar-refractivity contribution < 1.29 is 27.5 Å². The van der Waals surface area contributed by atoms with Gasteiger partial charge in [0.1, 0.15) is 0 Å². The SMILES string of the molecule is O=C(OCC(=O)N1CCc2ccccc2C1)c1ccc(C(F)(F)F)cc1. The number of rotatable bonds is 3. The van der Waals surface area contributed by atoms with Gasteiger partial charge in [0.05, 0.1) is 11.1 Å². The van der Waals surface area contributed by atoms with E-state index in [9.17, 15) is 22.8 Å². The van der Waals surface area contributed by atoms with Crippen LogP contribution < -0.4 is 0 Å². The average Bonchev–Trinajstić information content (AvgIpc) is 2.64. The van der Waals surface area contributed by atoms with Crippen LogP contribution in [0.1, 0.15) is 27.0 Å². The molecule has 0 aliphatic carbocycles. The minimum atomic E-state index is -4.47. The van der Waals surface area contributed by atoms with Crippen LogP contribution >= 0.6 is 0 Å². The molecule has 1 heterocycles. The minimum absolute atomic E-state index is 0.0326. The number of benzene rings is 2. The largest absolute Gasteiger partial charge is 0.452 e. The Morgan fingerprint density at radius 1 is 1.00 bits per heavy atom. The second kappa shape index (κ2) is 7.19. The molecule has 26 heavy (non-hydrogen) atoms. The standard InChI is InChI=1S/C19H16F3NO3/c20-19(21,22)16-7-5-14(6-8-16)18(25)26-12-17(24)23-10-9-13-3-1-2-4-15(13)11-23/h1-8H,9-12H2. The maximum Gasteiger partial charge on any atom is 0.416 e. The van der Waals surface area contributed by atoms with Gasteiger partial charge in [-0.05, 0) is 41.8 Å². The molecule has 0 saturated carbocycles. The maximum absolute atomic E-state index is 12.5. The molecule has 0 spiro atoms. The summed E-state index contributed by atoms with van der Waals surface area (Å²) in [5, 5.41) is 0. The zero-order valence-corrected chi connectivity index (χ0v) is 13.8. The first kappa shape index (κ1) is 18.0. The molecule has 2 aromatic rings. The number of hydrogen-bond donors (Lipinski definition) is 0. The Morgan fingerprint density at radius 3 is 2.31 bits per heavy atom. The number of carbonyl (C=O) groups is 2. The Morgan fingerprint density at radius 2 is 1.65 bits per heavy atom. The minimum Gasteiger partial charge on any atom is -0.452 e. The molecule has 0 saturated heterocycles. The van der Waals surface area contributed by atoms with Crippen LogP contribution in [-0.2, 0) is 28.7 Å². The maximum atomic E-state index is 12.5. The lowest BCUT2D eigenvalue weighted by molar-refractivity contribution is -0.137. The second-order valence-corrected chi connectivity index (χ2v) is 5.99. The van der Waals surface area contributed by atoms with Crippen molar-refractivity contribution in [3.05, 3.63) is 70.8 Å². The molecule has 0 N–H and O–H groups in total. The number of amides is 1. The second-order valence-electron chi connectivity index (χ2n) is 5.99. The number of ether oxygens (including phenoxy) is 1. The lowest BCUT2D eigenvalue weighted by atomic mass is 10.00. The molecule has 136 valence electrons. The molecule has 2 aromatic carbocycles. The first-order chi connectivity index (χ1) is 12.3. The predicted molar refractivity (Wildman–Crippen MR) is 87.3 cm³/mol. The Bertz CT molecular complexity index is 816. The van der Waals surface area contributed by atoms with Gasteiger partial charge < -0.3 is 9.64 Å². The summed E-state index contributed by atoms with van der Waals surface area (Å²) in [6.07, 6.45) is -3.74. The van der Waals surface area contributed by atoms with E-state index in [1.807, 2.05) is 24.3 Å².